The second-order valence-corrected chi connectivity index (χ2v) is 10.1. The molecule has 3 aromatic heterocycles. The molecule has 7 rings (SSSR count). The van der Waals surface area contributed by atoms with Gasteiger partial charge in [-0.05, 0) is 66.6 Å². The Morgan fingerprint density at radius 3 is 1.50 bits per heavy atom. The summed E-state index contributed by atoms with van der Waals surface area (Å²) in [5, 5.41) is 0. The normalized spacial score (nSPS) is 11.1. The van der Waals surface area contributed by atoms with Crippen molar-refractivity contribution < 1.29 is 24.2 Å². The number of nitrogens with zero attached hydrogens (tertiary/aromatic N) is 3. The largest absolute Gasteiger partial charge is 3.00 e. The molecule has 4 heteroatoms. The van der Waals surface area contributed by atoms with Gasteiger partial charge in [0.1, 0.15) is 0 Å². The van der Waals surface area contributed by atoms with Gasteiger partial charge in [-0.3, -0.25) is 0 Å². The summed E-state index contributed by atoms with van der Waals surface area (Å²) in [7, 11) is 0. The van der Waals surface area contributed by atoms with Crippen LogP contribution in [0.15, 0.2) is 152 Å². The van der Waals surface area contributed by atoms with Crippen LogP contribution in [0.3, 0.4) is 0 Å². The SMILES string of the molecule is Cc1cccc(-c2[c-]cccc2)n1.Cc1ccccc1-c1ccc(-c2[c-]cccc2)nc1.[2H]C([2H])([2H])c1cccc(-c2[c-]cccc2)n1.[Ir+3]. The third kappa shape index (κ3) is 9.74. The van der Waals surface area contributed by atoms with Crippen molar-refractivity contribution in [2.45, 2.75) is 20.7 Å². The molecule has 3 heterocycles. The van der Waals surface area contributed by atoms with Gasteiger partial charge in [-0.15, -0.1) is 108 Å². The predicted octanol–water partition coefficient (Wildman–Crippen LogP) is 10.2. The molecule has 0 saturated heterocycles. The van der Waals surface area contributed by atoms with E-state index in [4.69, 9.17) is 4.11 Å². The van der Waals surface area contributed by atoms with Gasteiger partial charge in [0.25, 0.3) is 0 Å². The molecule has 0 spiro atoms. The Kier molecular flexibility index (Phi) is 11.3. The van der Waals surface area contributed by atoms with Crippen molar-refractivity contribution >= 4 is 0 Å². The molecule has 0 N–H and O–H groups in total. The van der Waals surface area contributed by atoms with E-state index in [1.165, 1.54) is 17.2 Å². The Bertz CT molecular complexity index is 2020. The first-order valence-electron chi connectivity index (χ1n) is 16.1. The van der Waals surface area contributed by atoms with Gasteiger partial charge in [-0.25, -0.2) is 0 Å². The van der Waals surface area contributed by atoms with Crippen LogP contribution in [-0.4, -0.2) is 15.0 Å². The van der Waals surface area contributed by atoms with E-state index in [2.05, 4.69) is 70.4 Å². The first-order chi connectivity index (χ1) is 23.3. The summed E-state index contributed by atoms with van der Waals surface area (Å²) < 4.78 is 21.9. The fraction of sp³-hybridized carbons (Fsp3) is 0.0714. The number of pyridine rings is 3. The van der Waals surface area contributed by atoms with Crippen molar-refractivity contribution in [1.29, 1.82) is 0 Å². The zero-order chi connectivity index (χ0) is 33.8. The Labute approximate surface area is 290 Å². The minimum Gasteiger partial charge on any atom is -0.304 e. The first-order valence-corrected chi connectivity index (χ1v) is 14.6. The smallest absolute Gasteiger partial charge is 0.304 e. The van der Waals surface area contributed by atoms with Crippen LogP contribution in [0, 0.1) is 38.9 Å². The Morgan fingerprint density at radius 1 is 0.500 bits per heavy atom. The van der Waals surface area contributed by atoms with E-state index in [1.54, 1.807) is 18.2 Å². The molecule has 0 radical (unpaired) electrons. The molecule has 0 fully saturated rings. The second kappa shape index (κ2) is 17.5. The number of hydrogen-bond donors (Lipinski definition) is 0. The molecular formula is C42H34IrN3. The van der Waals surface area contributed by atoms with Gasteiger partial charge in [0, 0.05) is 21.7 Å². The number of hydrogen-bond acceptors (Lipinski definition) is 3. The zero-order valence-electron chi connectivity index (χ0n) is 28.6. The summed E-state index contributed by atoms with van der Waals surface area (Å²) in [6, 6.07) is 56.0. The van der Waals surface area contributed by atoms with E-state index in [1.807, 2.05) is 104 Å². The molecule has 0 saturated carbocycles. The zero-order valence-corrected chi connectivity index (χ0v) is 28.0. The van der Waals surface area contributed by atoms with Gasteiger partial charge in [-0.1, -0.05) is 60.7 Å². The average molecular weight is 776 g/mol. The van der Waals surface area contributed by atoms with Crippen molar-refractivity contribution in [2.24, 2.45) is 0 Å². The summed E-state index contributed by atoms with van der Waals surface area (Å²) in [4.78, 5) is 13.1. The molecule has 0 aliphatic heterocycles. The maximum Gasteiger partial charge on any atom is 3.00 e. The Morgan fingerprint density at radius 2 is 1.02 bits per heavy atom. The first kappa shape index (κ1) is 29.7. The van der Waals surface area contributed by atoms with Crippen molar-refractivity contribution in [1.82, 2.24) is 15.0 Å². The third-order valence-electron chi connectivity index (χ3n) is 6.81. The fourth-order valence-electron chi connectivity index (χ4n) is 4.55. The van der Waals surface area contributed by atoms with Crippen LogP contribution in [-0.2, 0) is 20.1 Å². The topological polar surface area (TPSA) is 38.7 Å². The summed E-state index contributed by atoms with van der Waals surface area (Å²) in [5.74, 6) is 0. The van der Waals surface area contributed by atoms with Gasteiger partial charge in [0.05, 0.1) is 0 Å². The summed E-state index contributed by atoms with van der Waals surface area (Å²) in [6.45, 7) is 1.95. The van der Waals surface area contributed by atoms with Gasteiger partial charge >= 0.3 is 20.1 Å². The van der Waals surface area contributed by atoms with Crippen LogP contribution in [0.4, 0.5) is 0 Å². The van der Waals surface area contributed by atoms with Crippen LogP contribution in [0.1, 0.15) is 21.1 Å². The number of benzene rings is 4. The van der Waals surface area contributed by atoms with Crippen LogP contribution < -0.4 is 0 Å². The summed E-state index contributed by atoms with van der Waals surface area (Å²) >= 11 is 0. The minimum absolute atomic E-state index is 0. The van der Waals surface area contributed by atoms with Crippen LogP contribution in [0.2, 0.25) is 0 Å². The van der Waals surface area contributed by atoms with E-state index in [0.717, 1.165) is 39.3 Å². The van der Waals surface area contributed by atoms with Gasteiger partial charge in [-0.2, -0.15) is 0 Å². The number of aryl methyl sites for hydroxylation is 3. The van der Waals surface area contributed by atoms with Crippen LogP contribution >= 0.6 is 0 Å². The number of rotatable bonds is 4. The molecular weight excluding hydrogens is 739 g/mol. The molecule has 3 nitrogen and oxygen atoms in total. The summed E-state index contributed by atoms with van der Waals surface area (Å²) in [5.41, 5.74) is 10.3. The summed E-state index contributed by atoms with van der Waals surface area (Å²) in [6.07, 6.45) is 1.93. The molecule has 7 aromatic rings. The van der Waals surface area contributed by atoms with E-state index in [9.17, 15) is 0 Å². The average Bonchev–Trinajstić information content (AvgIpc) is 3.13. The Hall–Kier alpha value is -5.02. The molecule has 226 valence electrons. The second-order valence-electron chi connectivity index (χ2n) is 10.1. The van der Waals surface area contributed by atoms with E-state index < -0.39 is 6.85 Å². The molecule has 0 unspecified atom stereocenters. The van der Waals surface area contributed by atoms with E-state index >= 15 is 0 Å². The van der Waals surface area contributed by atoms with Crippen molar-refractivity contribution in [3.63, 3.8) is 0 Å². The van der Waals surface area contributed by atoms with Crippen LogP contribution in [0.25, 0.3) is 44.9 Å². The molecule has 4 aromatic carbocycles. The fourth-order valence-corrected chi connectivity index (χ4v) is 4.55. The Balaban J connectivity index is 0.000000167. The molecule has 0 aliphatic carbocycles. The monoisotopic (exact) mass is 776 g/mol. The molecule has 0 amide bonds. The standard InChI is InChI=1S/C18H14N.2C12H10N.Ir/c1-14-7-5-6-10-17(14)16-11-12-18(19-13-16)15-8-3-2-4-9-15;2*1-10-6-5-9-12(13-10)11-7-3-2-4-8-11;/h2-8,10-13H,1H3;2*2-7,9H,1H3;/q3*-1;+3/i;1D3;;. The number of aromatic nitrogens is 3. The van der Waals surface area contributed by atoms with E-state index in [-0.39, 0.29) is 25.8 Å². The van der Waals surface area contributed by atoms with Crippen LogP contribution in [0.5, 0.6) is 0 Å². The molecule has 46 heavy (non-hydrogen) atoms. The maximum atomic E-state index is 7.29. The quantitative estimate of drug-likeness (QED) is 0.167. The van der Waals surface area contributed by atoms with Crippen molar-refractivity contribution in [2.75, 3.05) is 0 Å². The molecule has 0 atom stereocenters. The van der Waals surface area contributed by atoms with E-state index in [0.29, 0.717) is 5.69 Å². The maximum absolute atomic E-state index is 7.29. The van der Waals surface area contributed by atoms with Gasteiger partial charge in [0.2, 0.25) is 0 Å². The van der Waals surface area contributed by atoms with Crippen molar-refractivity contribution in [3.05, 3.63) is 187 Å². The van der Waals surface area contributed by atoms with Gasteiger partial charge < -0.3 is 15.0 Å². The molecule has 0 aliphatic rings. The minimum atomic E-state index is -2.16. The molecule has 0 bridgehead atoms. The third-order valence-corrected chi connectivity index (χ3v) is 6.81. The van der Waals surface area contributed by atoms with Crippen molar-refractivity contribution in [3.8, 4) is 44.9 Å². The predicted molar refractivity (Wildman–Crippen MR) is 185 cm³/mol. The van der Waals surface area contributed by atoms with Gasteiger partial charge in [0.15, 0.2) is 0 Å².